The number of nitrogens with one attached hydrogen (secondary N) is 1. The van der Waals surface area contributed by atoms with Gasteiger partial charge in [0.15, 0.2) is 11.0 Å². The largest absolute Gasteiger partial charge is 0.497 e. The molecule has 0 aliphatic carbocycles. The summed E-state index contributed by atoms with van der Waals surface area (Å²) in [4.78, 5) is 12.9. The van der Waals surface area contributed by atoms with E-state index in [1.165, 1.54) is 11.8 Å². The molecular weight excluding hydrogens is 530 g/mol. The number of hydrogen-bond donors (Lipinski definition) is 1. The number of rotatable bonds is 8. The Hall–Kier alpha value is -4.95. The molecule has 41 heavy (non-hydrogen) atoms. The first-order valence-electron chi connectivity index (χ1n) is 13.1. The third kappa shape index (κ3) is 5.55. The number of nitrogens with zero attached hydrogens (tertiary/aromatic N) is 4. The van der Waals surface area contributed by atoms with Crippen LogP contribution in [0.2, 0.25) is 0 Å². The summed E-state index contributed by atoms with van der Waals surface area (Å²) in [5.74, 6) is 1.33. The zero-order valence-electron chi connectivity index (χ0n) is 22.6. The lowest BCUT2D eigenvalue weighted by Gasteiger charge is -2.11. The number of carbonyl (C=O) groups excluding carboxylic acids is 1. The Kier molecular flexibility index (Phi) is 7.47. The van der Waals surface area contributed by atoms with Gasteiger partial charge in [-0.2, -0.15) is 5.10 Å². The van der Waals surface area contributed by atoms with E-state index in [0.29, 0.717) is 11.0 Å². The van der Waals surface area contributed by atoms with Crippen molar-refractivity contribution in [3.05, 3.63) is 114 Å². The molecule has 1 aromatic heterocycles. The Bertz CT molecular complexity index is 1830. The Morgan fingerprint density at radius 2 is 1.56 bits per heavy atom. The molecule has 1 N–H and O–H groups in total. The van der Waals surface area contributed by atoms with E-state index in [0.717, 1.165) is 49.7 Å². The molecule has 5 aromatic carbocycles. The molecule has 1 heterocycles. The average molecular weight is 558 g/mol. The van der Waals surface area contributed by atoms with Crippen molar-refractivity contribution in [2.24, 2.45) is 5.10 Å². The van der Waals surface area contributed by atoms with Gasteiger partial charge in [-0.05, 0) is 58.8 Å². The highest BCUT2D eigenvalue weighted by atomic mass is 32.2. The normalized spacial score (nSPS) is 11.4. The van der Waals surface area contributed by atoms with Crippen LogP contribution < -0.4 is 10.2 Å². The average Bonchev–Trinajstić information content (AvgIpc) is 3.44. The molecule has 0 saturated carbocycles. The molecule has 0 spiro atoms. The molecule has 0 aliphatic heterocycles. The third-order valence-electron chi connectivity index (χ3n) is 6.80. The van der Waals surface area contributed by atoms with E-state index in [4.69, 9.17) is 4.74 Å². The minimum absolute atomic E-state index is 0.121. The molecule has 0 unspecified atom stereocenters. The van der Waals surface area contributed by atoms with Gasteiger partial charge in [0.1, 0.15) is 5.75 Å². The molecule has 1 amide bonds. The van der Waals surface area contributed by atoms with Crippen molar-refractivity contribution in [2.75, 3.05) is 12.9 Å². The Balaban J connectivity index is 1.23. The number of ether oxygens (including phenoxy) is 1. The molecule has 6 aromatic rings. The van der Waals surface area contributed by atoms with E-state index in [2.05, 4.69) is 51.1 Å². The topological polar surface area (TPSA) is 81.4 Å². The van der Waals surface area contributed by atoms with E-state index in [1.54, 1.807) is 13.3 Å². The van der Waals surface area contributed by atoms with E-state index in [9.17, 15) is 4.79 Å². The SMILES string of the molecule is COc1ccc(-n2c(SCC(=O)N/N=C\c3c4ccccc4cc4ccccc34)nnc2-c2ccc(C)cc2)cc1. The van der Waals surface area contributed by atoms with Crippen LogP contribution in [0, 0.1) is 6.92 Å². The van der Waals surface area contributed by atoms with Crippen LogP contribution in [-0.2, 0) is 4.79 Å². The maximum atomic E-state index is 12.9. The lowest BCUT2D eigenvalue weighted by Crippen LogP contribution is -2.20. The van der Waals surface area contributed by atoms with E-state index in [-0.39, 0.29) is 11.7 Å². The molecule has 0 radical (unpaired) electrons. The number of carbonyl (C=O) groups is 1. The zero-order chi connectivity index (χ0) is 28.2. The highest BCUT2D eigenvalue weighted by molar-refractivity contribution is 7.99. The highest BCUT2D eigenvalue weighted by Gasteiger charge is 2.17. The lowest BCUT2D eigenvalue weighted by atomic mass is 9.97. The van der Waals surface area contributed by atoms with E-state index < -0.39 is 0 Å². The number of fused-ring (bicyclic) bond motifs is 2. The summed E-state index contributed by atoms with van der Waals surface area (Å²) in [7, 11) is 1.64. The van der Waals surface area contributed by atoms with Crippen LogP contribution in [0.5, 0.6) is 5.75 Å². The molecule has 0 bridgehead atoms. The van der Waals surface area contributed by atoms with Crippen molar-refractivity contribution >= 4 is 45.4 Å². The molecule has 0 fully saturated rings. The van der Waals surface area contributed by atoms with Crippen LogP contribution in [0.3, 0.4) is 0 Å². The number of thioether (sulfide) groups is 1. The molecular formula is C33H27N5O2S. The Morgan fingerprint density at radius 3 is 2.22 bits per heavy atom. The van der Waals surface area contributed by atoms with Gasteiger partial charge >= 0.3 is 0 Å². The summed E-state index contributed by atoms with van der Waals surface area (Å²) in [6.45, 7) is 2.04. The molecule has 7 nitrogen and oxygen atoms in total. The summed E-state index contributed by atoms with van der Waals surface area (Å²) in [5.41, 5.74) is 6.61. The van der Waals surface area contributed by atoms with Crippen LogP contribution in [0.4, 0.5) is 0 Å². The summed E-state index contributed by atoms with van der Waals surface area (Å²) in [5, 5.41) is 18.2. The Morgan fingerprint density at radius 1 is 0.902 bits per heavy atom. The number of hydrogen-bond acceptors (Lipinski definition) is 6. The van der Waals surface area contributed by atoms with Crippen LogP contribution in [-0.4, -0.2) is 39.7 Å². The zero-order valence-corrected chi connectivity index (χ0v) is 23.4. The van der Waals surface area contributed by atoms with Gasteiger partial charge in [0.2, 0.25) is 0 Å². The monoisotopic (exact) mass is 557 g/mol. The predicted octanol–water partition coefficient (Wildman–Crippen LogP) is 6.80. The van der Waals surface area contributed by atoms with Gasteiger partial charge in [-0.15, -0.1) is 10.2 Å². The molecule has 0 saturated heterocycles. The fraction of sp³-hybridized carbons (Fsp3) is 0.0909. The minimum Gasteiger partial charge on any atom is -0.497 e. The van der Waals surface area contributed by atoms with Crippen molar-refractivity contribution in [3.8, 4) is 22.8 Å². The van der Waals surface area contributed by atoms with Gasteiger partial charge in [-0.3, -0.25) is 9.36 Å². The van der Waals surface area contributed by atoms with Crippen LogP contribution in [0.1, 0.15) is 11.1 Å². The summed E-state index contributed by atoms with van der Waals surface area (Å²) in [6, 6.07) is 34.3. The molecule has 0 atom stereocenters. The fourth-order valence-corrected chi connectivity index (χ4v) is 5.48. The maximum absolute atomic E-state index is 12.9. The van der Waals surface area contributed by atoms with Crippen LogP contribution in [0.15, 0.2) is 113 Å². The number of hydrazone groups is 1. The molecule has 202 valence electrons. The summed E-state index contributed by atoms with van der Waals surface area (Å²) in [6.07, 6.45) is 1.72. The fourth-order valence-electron chi connectivity index (χ4n) is 4.74. The number of aromatic nitrogens is 3. The maximum Gasteiger partial charge on any atom is 0.250 e. The molecule has 8 heteroatoms. The summed E-state index contributed by atoms with van der Waals surface area (Å²) >= 11 is 1.30. The van der Waals surface area contributed by atoms with Gasteiger partial charge in [0, 0.05) is 16.8 Å². The van der Waals surface area contributed by atoms with Gasteiger partial charge in [-0.25, -0.2) is 5.43 Å². The van der Waals surface area contributed by atoms with Crippen LogP contribution in [0.25, 0.3) is 38.6 Å². The predicted molar refractivity (Wildman–Crippen MR) is 166 cm³/mol. The second-order valence-electron chi connectivity index (χ2n) is 9.52. The van der Waals surface area contributed by atoms with Gasteiger partial charge < -0.3 is 4.74 Å². The minimum atomic E-state index is -0.239. The van der Waals surface area contributed by atoms with Gasteiger partial charge in [0.25, 0.3) is 5.91 Å². The first kappa shape index (κ1) is 26.3. The number of benzene rings is 5. The molecule has 0 aliphatic rings. The number of amides is 1. The van der Waals surface area contributed by atoms with Crippen molar-refractivity contribution in [1.82, 2.24) is 20.2 Å². The highest BCUT2D eigenvalue weighted by Crippen LogP contribution is 2.30. The smallest absolute Gasteiger partial charge is 0.250 e. The van der Waals surface area contributed by atoms with E-state index in [1.807, 2.05) is 84.3 Å². The van der Waals surface area contributed by atoms with E-state index >= 15 is 0 Å². The van der Waals surface area contributed by atoms with Gasteiger partial charge in [-0.1, -0.05) is 90.1 Å². The quantitative estimate of drug-likeness (QED) is 0.0963. The first-order valence-corrected chi connectivity index (χ1v) is 14.1. The molecule has 6 rings (SSSR count). The lowest BCUT2D eigenvalue weighted by molar-refractivity contribution is -0.118. The third-order valence-corrected chi connectivity index (χ3v) is 7.73. The van der Waals surface area contributed by atoms with Crippen molar-refractivity contribution in [2.45, 2.75) is 12.1 Å². The van der Waals surface area contributed by atoms with Crippen molar-refractivity contribution in [3.63, 3.8) is 0 Å². The second kappa shape index (κ2) is 11.7. The Labute approximate surface area is 241 Å². The van der Waals surface area contributed by atoms with Crippen molar-refractivity contribution in [1.29, 1.82) is 0 Å². The number of methoxy groups -OCH3 is 1. The summed E-state index contributed by atoms with van der Waals surface area (Å²) < 4.78 is 7.28. The standard InChI is InChI=1S/C33H27N5O2S/c1-22-11-13-23(14-12-22)32-36-37-33(38(32)26-15-17-27(40-2)18-16-26)41-21-31(39)35-34-20-30-28-9-5-3-7-24(28)19-25-8-4-6-10-29(25)30/h3-20H,21H2,1-2H3,(H,35,39)/b34-20-. The first-order chi connectivity index (χ1) is 20.1. The van der Waals surface area contributed by atoms with Gasteiger partial charge in [0.05, 0.1) is 19.1 Å². The second-order valence-corrected chi connectivity index (χ2v) is 10.5. The van der Waals surface area contributed by atoms with Crippen molar-refractivity contribution < 1.29 is 9.53 Å². The van der Waals surface area contributed by atoms with Crippen LogP contribution >= 0.6 is 11.8 Å². The number of aryl methyl sites for hydroxylation is 1.